The van der Waals surface area contributed by atoms with Crippen molar-refractivity contribution in [3.05, 3.63) is 46.1 Å². The van der Waals surface area contributed by atoms with Gasteiger partial charge in [0.2, 0.25) is 0 Å². The molecule has 1 aliphatic heterocycles. The zero-order valence-corrected chi connectivity index (χ0v) is 9.17. The molecule has 6 heteroatoms. The van der Waals surface area contributed by atoms with Crippen LogP contribution in [0, 0.1) is 0 Å². The second kappa shape index (κ2) is 4.25. The third-order valence-electron chi connectivity index (χ3n) is 2.37. The number of rotatable bonds is 4. The Labute approximate surface area is 97.2 Å². The molecule has 1 aromatic rings. The van der Waals surface area contributed by atoms with Crippen LogP contribution < -0.4 is 16.6 Å². The van der Waals surface area contributed by atoms with Gasteiger partial charge in [-0.3, -0.25) is 13.9 Å². The molecule has 0 saturated heterocycles. The zero-order chi connectivity index (χ0) is 12.4. The van der Waals surface area contributed by atoms with Gasteiger partial charge in [0.15, 0.2) is 11.5 Å². The molecule has 2 rings (SSSR count). The summed E-state index contributed by atoms with van der Waals surface area (Å²) >= 11 is 0. The van der Waals surface area contributed by atoms with E-state index in [0.29, 0.717) is 5.82 Å². The molecule has 87 valence electrons. The molecular formula is C11H11N4O2. The second-order valence-electron chi connectivity index (χ2n) is 3.43. The molecule has 17 heavy (non-hydrogen) atoms. The minimum Gasteiger partial charge on any atom is -0.272 e. The maximum absolute atomic E-state index is 12.0. The highest BCUT2D eigenvalue weighted by Gasteiger charge is 2.21. The molecule has 0 amide bonds. The first-order valence-corrected chi connectivity index (χ1v) is 5.03. The van der Waals surface area contributed by atoms with Crippen molar-refractivity contribution in [2.75, 3.05) is 0 Å². The van der Waals surface area contributed by atoms with Crippen LogP contribution in [-0.2, 0) is 13.1 Å². The average Bonchev–Trinajstić information content (AvgIpc) is 2.79. The summed E-state index contributed by atoms with van der Waals surface area (Å²) in [5.41, 5.74) is -0.682. The lowest BCUT2D eigenvalue weighted by Crippen LogP contribution is -2.39. The monoisotopic (exact) mass is 231 g/mol. The molecule has 0 aliphatic carbocycles. The first kappa shape index (κ1) is 11.1. The van der Waals surface area contributed by atoms with Crippen LogP contribution in [0.2, 0.25) is 0 Å². The Morgan fingerprint density at radius 2 is 1.82 bits per heavy atom. The molecule has 0 unspecified atom stereocenters. The molecule has 0 saturated carbocycles. The molecule has 0 atom stereocenters. The van der Waals surface area contributed by atoms with E-state index in [0.717, 1.165) is 4.57 Å². The van der Waals surface area contributed by atoms with Gasteiger partial charge in [0.1, 0.15) is 6.34 Å². The van der Waals surface area contributed by atoms with E-state index in [1.807, 2.05) is 0 Å². The quantitative estimate of drug-likeness (QED) is 0.699. The zero-order valence-electron chi connectivity index (χ0n) is 9.17. The molecule has 1 radical (unpaired) electrons. The molecule has 2 heterocycles. The van der Waals surface area contributed by atoms with Crippen LogP contribution >= 0.6 is 0 Å². The lowest BCUT2D eigenvalue weighted by atomic mass is 10.4. The number of aromatic nitrogens is 2. The molecule has 0 spiro atoms. The van der Waals surface area contributed by atoms with E-state index in [-0.39, 0.29) is 18.8 Å². The van der Waals surface area contributed by atoms with Gasteiger partial charge in [0, 0.05) is 13.1 Å². The number of allylic oxidation sites excluding steroid dienone is 2. The van der Waals surface area contributed by atoms with Gasteiger partial charge in [-0.2, -0.15) is 0 Å². The van der Waals surface area contributed by atoms with Crippen molar-refractivity contribution in [2.45, 2.75) is 13.1 Å². The van der Waals surface area contributed by atoms with Crippen LogP contribution in [0.15, 0.2) is 39.9 Å². The van der Waals surface area contributed by atoms with E-state index in [1.165, 1.54) is 17.0 Å². The Morgan fingerprint density at radius 3 is 2.47 bits per heavy atom. The molecule has 0 aromatic carbocycles. The molecule has 1 aromatic heterocycles. The van der Waals surface area contributed by atoms with Crippen LogP contribution in [0.25, 0.3) is 0 Å². The van der Waals surface area contributed by atoms with E-state index in [2.05, 4.69) is 23.5 Å². The van der Waals surface area contributed by atoms with Crippen LogP contribution in [0.4, 0.5) is 11.5 Å². The van der Waals surface area contributed by atoms with E-state index < -0.39 is 11.2 Å². The summed E-state index contributed by atoms with van der Waals surface area (Å²) in [6.45, 7) is 7.52. The van der Waals surface area contributed by atoms with Crippen molar-refractivity contribution in [2.24, 2.45) is 4.99 Å². The molecule has 0 bridgehead atoms. The molecule has 0 N–H and O–H groups in total. The summed E-state index contributed by atoms with van der Waals surface area (Å²) in [5, 5.41) is 3.87. The average molecular weight is 231 g/mol. The largest absolute Gasteiger partial charge is 0.333 e. The van der Waals surface area contributed by atoms with E-state index >= 15 is 0 Å². The summed E-state index contributed by atoms with van der Waals surface area (Å²) in [6.07, 6.45) is 4.32. The van der Waals surface area contributed by atoms with Gasteiger partial charge >= 0.3 is 5.69 Å². The summed E-state index contributed by atoms with van der Waals surface area (Å²) in [6, 6.07) is 0. The maximum Gasteiger partial charge on any atom is 0.333 e. The smallest absolute Gasteiger partial charge is 0.272 e. The van der Waals surface area contributed by atoms with Crippen molar-refractivity contribution in [3.63, 3.8) is 0 Å². The molecule has 1 aliphatic rings. The minimum absolute atomic E-state index is 0.150. The third kappa shape index (κ3) is 1.63. The normalized spacial score (nSPS) is 12.0. The summed E-state index contributed by atoms with van der Waals surface area (Å²) in [7, 11) is 0. The lowest BCUT2D eigenvalue weighted by molar-refractivity contribution is 0.631. The topological polar surface area (TPSA) is 70.5 Å². The Hall–Kier alpha value is -2.37. The van der Waals surface area contributed by atoms with Gasteiger partial charge in [-0.1, -0.05) is 12.2 Å². The lowest BCUT2D eigenvalue weighted by Gasteiger charge is -2.10. The van der Waals surface area contributed by atoms with E-state index in [9.17, 15) is 9.59 Å². The standard InChI is InChI=1S/C11H11N4O2/c1-3-5-14-9-8(12-7-13-9)10(16)15(6-4-2)11(14)17/h3-4,7H,1-2,5-6H2. The Bertz CT molecular complexity index is 622. The highest BCUT2D eigenvalue weighted by atomic mass is 16.2. The van der Waals surface area contributed by atoms with Gasteiger partial charge in [-0.25, -0.2) is 15.1 Å². The van der Waals surface area contributed by atoms with Crippen LogP contribution in [-0.4, -0.2) is 15.5 Å². The number of hydrogen-bond donors (Lipinski definition) is 0. The number of aliphatic imine (C=N–C) groups is 1. The minimum atomic E-state index is -0.442. The van der Waals surface area contributed by atoms with Gasteiger partial charge in [0.05, 0.1) is 0 Å². The summed E-state index contributed by atoms with van der Waals surface area (Å²) in [4.78, 5) is 27.9. The highest BCUT2D eigenvalue weighted by Crippen LogP contribution is 2.22. The van der Waals surface area contributed by atoms with Crippen LogP contribution in [0.5, 0.6) is 0 Å². The fourth-order valence-corrected chi connectivity index (χ4v) is 1.64. The predicted octanol–water partition coefficient (Wildman–Crippen LogP) is 0.291. The molecular weight excluding hydrogens is 220 g/mol. The van der Waals surface area contributed by atoms with Gasteiger partial charge < -0.3 is 0 Å². The van der Waals surface area contributed by atoms with Crippen molar-refractivity contribution >= 4 is 17.8 Å². The Balaban J connectivity index is 2.79. The van der Waals surface area contributed by atoms with Gasteiger partial charge in [0.25, 0.3) is 5.56 Å². The van der Waals surface area contributed by atoms with Crippen LogP contribution in [0.1, 0.15) is 0 Å². The second-order valence-corrected chi connectivity index (χ2v) is 3.43. The fraction of sp³-hybridized carbons (Fsp3) is 0.182. The molecule has 6 nitrogen and oxygen atoms in total. The summed E-state index contributed by atoms with van der Waals surface area (Å²) < 4.78 is 2.44. The Kier molecular flexibility index (Phi) is 2.78. The first-order valence-electron chi connectivity index (χ1n) is 5.03. The molecule has 0 fully saturated rings. The summed E-state index contributed by atoms with van der Waals surface area (Å²) in [5.74, 6) is 0.292. The van der Waals surface area contributed by atoms with E-state index in [1.54, 1.807) is 6.08 Å². The van der Waals surface area contributed by atoms with Crippen molar-refractivity contribution in [3.8, 4) is 0 Å². The van der Waals surface area contributed by atoms with E-state index in [4.69, 9.17) is 0 Å². The van der Waals surface area contributed by atoms with Crippen molar-refractivity contribution < 1.29 is 0 Å². The number of nitrogens with zero attached hydrogens (tertiary/aromatic N) is 4. The maximum atomic E-state index is 12.0. The van der Waals surface area contributed by atoms with Crippen molar-refractivity contribution in [1.82, 2.24) is 14.5 Å². The first-order chi connectivity index (χ1) is 8.20. The van der Waals surface area contributed by atoms with Crippen molar-refractivity contribution in [1.29, 1.82) is 0 Å². The SMILES string of the molecule is C=CCn1c2c(c(=O)n(CC=C)c1=O)[N]C=N2. The fourth-order valence-electron chi connectivity index (χ4n) is 1.64. The Morgan fingerprint density at radius 1 is 1.18 bits per heavy atom. The van der Waals surface area contributed by atoms with Gasteiger partial charge in [-0.15, -0.1) is 13.2 Å². The third-order valence-corrected chi connectivity index (χ3v) is 2.37. The number of fused-ring (bicyclic) bond motifs is 1. The van der Waals surface area contributed by atoms with Crippen LogP contribution in [0.3, 0.4) is 0 Å². The highest BCUT2D eigenvalue weighted by molar-refractivity contribution is 5.78. The predicted molar refractivity (Wildman–Crippen MR) is 65.3 cm³/mol. The number of hydrogen-bond acceptors (Lipinski definition) is 3. The van der Waals surface area contributed by atoms with Gasteiger partial charge in [-0.05, 0) is 0 Å².